The van der Waals surface area contributed by atoms with Gasteiger partial charge in [0.15, 0.2) is 6.10 Å². The molecule has 0 bridgehead atoms. The molecule has 10 heteroatoms. The summed E-state index contributed by atoms with van der Waals surface area (Å²) in [5, 5.41) is 19.0. The number of hydrogen-bond acceptors (Lipinski definition) is 7. The van der Waals surface area contributed by atoms with Crippen molar-refractivity contribution >= 4 is 34.9 Å². The average Bonchev–Trinajstić information content (AvgIpc) is 3.14. The predicted octanol–water partition coefficient (Wildman–Crippen LogP) is 4.87. The standard InChI is InChI=1S/C17H11Cl2N3O5/c1-9(26-17(23)13-8-11(18)4-7-14(13)19)15-20-21-16(27-15)10-2-5-12(6-3-10)22(24)25/h2-9H,1H3/t9-/m0/s1. The van der Waals surface area contributed by atoms with Gasteiger partial charge in [-0.3, -0.25) is 10.1 Å². The van der Waals surface area contributed by atoms with Crippen molar-refractivity contribution in [2.75, 3.05) is 0 Å². The number of carbonyl (C=O) groups is 1. The molecule has 3 aromatic rings. The Morgan fingerprint density at radius 3 is 2.56 bits per heavy atom. The minimum Gasteiger partial charge on any atom is -0.449 e. The normalized spacial score (nSPS) is 11.8. The topological polar surface area (TPSA) is 108 Å². The lowest BCUT2D eigenvalue weighted by atomic mass is 10.2. The molecule has 1 aromatic heterocycles. The van der Waals surface area contributed by atoms with E-state index in [0.29, 0.717) is 10.6 Å². The summed E-state index contributed by atoms with van der Waals surface area (Å²) >= 11 is 11.8. The van der Waals surface area contributed by atoms with Gasteiger partial charge in [-0.1, -0.05) is 23.2 Å². The number of nitro benzene ring substituents is 1. The minimum absolute atomic E-state index is 0.0563. The van der Waals surface area contributed by atoms with Gasteiger partial charge in [0.25, 0.3) is 11.6 Å². The van der Waals surface area contributed by atoms with Crippen LogP contribution in [0.3, 0.4) is 0 Å². The number of rotatable bonds is 5. The van der Waals surface area contributed by atoms with Crippen molar-refractivity contribution in [2.45, 2.75) is 13.0 Å². The third-order valence-electron chi connectivity index (χ3n) is 3.55. The van der Waals surface area contributed by atoms with Crippen molar-refractivity contribution in [3.8, 4) is 11.5 Å². The first-order valence-electron chi connectivity index (χ1n) is 7.59. The second-order valence-electron chi connectivity index (χ2n) is 5.42. The number of hydrogen-bond donors (Lipinski definition) is 0. The highest BCUT2D eigenvalue weighted by Crippen LogP contribution is 2.27. The van der Waals surface area contributed by atoms with Crippen LogP contribution in [0.1, 0.15) is 29.3 Å². The van der Waals surface area contributed by atoms with Crippen LogP contribution in [0.2, 0.25) is 10.0 Å². The van der Waals surface area contributed by atoms with Crippen LogP contribution < -0.4 is 0 Å². The first kappa shape index (κ1) is 18.8. The van der Waals surface area contributed by atoms with Crippen LogP contribution in [0.5, 0.6) is 0 Å². The van der Waals surface area contributed by atoms with Gasteiger partial charge < -0.3 is 9.15 Å². The molecule has 0 aliphatic heterocycles. The molecule has 0 saturated carbocycles. The van der Waals surface area contributed by atoms with Gasteiger partial charge in [0.05, 0.1) is 15.5 Å². The molecule has 1 atom stereocenters. The molecule has 1 heterocycles. The van der Waals surface area contributed by atoms with Crippen molar-refractivity contribution in [1.29, 1.82) is 0 Å². The monoisotopic (exact) mass is 407 g/mol. The third-order valence-corrected chi connectivity index (χ3v) is 4.11. The van der Waals surface area contributed by atoms with E-state index in [1.165, 1.54) is 36.4 Å². The van der Waals surface area contributed by atoms with Crippen molar-refractivity contribution < 1.29 is 18.9 Å². The van der Waals surface area contributed by atoms with E-state index in [2.05, 4.69) is 10.2 Å². The van der Waals surface area contributed by atoms with Crippen LogP contribution in [-0.4, -0.2) is 21.1 Å². The fourth-order valence-corrected chi connectivity index (χ4v) is 2.54. The van der Waals surface area contributed by atoms with Crippen LogP contribution in [0.25, 0.3) is 11.5 Å². The van der Waals surface area contributed by atoms with Crippen molar-refractivity contribution in [2.24, 2.45) is 0 Å². The molecular formula is C17H11Cl2N3O5. The van der Waals surface area contributed by atoms with E-state index in [9.17, 15) is 14.9 Å². The maximum Gasteiger partial charge on any atom is 0.340 e. The number of nitrogens with zero attached hydrogens (tertiary/aromatic N) is 3. The molecule has 138 valence electrons. The highest BCUT2D eigenvalue weighted by Gasteiger charge is 2.22. The summed E-state index contributed by atoms with van der Waals surface area (Å²) in [4.78, 5) is 22.4. The van der Waals surface area contributed by atoms with Gasteiger partial charge in [-0.2, -0.15) is 0 Å². The Labute approximate surface area is 162 Å². The Morgan fingerprint density at radius 2 is 1.89 bits per heavy atom. The van der Waals surface area contributed by atoms with Gasteiger partial charge >= 0.3 is 5.97 Å². The number of ether oxygens (including phenoxy) is 1. The zero-order valence-electron chi connectivity index (χ0n) is 13.8. The number of benzene rings is 2. The fourth-order valence-electron chi connectivity index (χ4n) is 2.17. The van der Waals surface area contributed by atoms with Crippen LogP contribution in [0.4, 0.5) is 5.69 Å². The molecule has 0 radical (unpaired) electrons. The number of aromatic nitrogens is 2. The number of carbonyl (C=O) groups excluding carboxylic acids is 1. The maximum atomic E-state index is 12.3. The molecule has 0 spiro atoms. The van der Waals surface area contributed by atoms with E-state index in [-0.39, 0.29) is 28.1 Å². The quantitative estimate of drug-likeness (QED) is 0.337. The zero-order chi connectivity index (χ0) is 19.6. The van der Waals surface area contributed by atoms with Crippen LogP contribution in [0.15, 0.2) is 46.9 Å². The first-order valence-corrected chi connectivity index (χ1v) is 8.35. The Balaban J connectivity index is 1.74. The van der Waals surface area contributed by atoms with Gasteiger partial charge in [-0.05, 0) is 37.3 Å². The molecule has 8 nitrogen and oxygen atoms in total. The van der Waals surface area contributed by atoms with Gasteiger partial charge in [0, 0.05) is 22.7 Å². The Morgan fingerprint density at radius 1 is 1.19 bits per heavy atom. The van der Waals surface area contributed by atoms with Crippen molar-refractivity contribution in [3.05, 3.63) is 74.1 Å². The molecular weight excluding hydrogens is 397 g/mol. The summed E-state index contributed by atoms with van der Waals surface area (Å²) < 4.78 is 10.8. The second-order valence-corrected chi connectivity index (χ2v) is 6.26. The predicted molar refractivity (Wildman–Crippen MR) is 96.7 cm³/mol. The third kappa shape index (κ3) is 4.24. The summed E-state index contributed by atoms with van der Waals surface area (Å²) in [6.45, 7) is 1.56. The van der Waals surface area contributed by atoms with E-state index in [1.807, 2.05) is 0 Å². The van der Waals surface area contributed by atoms with Gasteiger partial charge in [0.1, 0.15) is 0 Å². The SMILES string of the molecule is C[C@H](OC(=O)c1cc(Cl)ccc1Cl)c1nnc(-c2ccc([N+](=O)[O-])cc2)o1. The van der Waals surface area contributed by atoms with Gasteiger partial charge in [-0.15, -0.1) is 10.2 Å². The highest BCUT2D eigenvalue weighted by molar-refractivity contribution is 6.35. The average molecular weight is 408 g/mol. The molecule has 0 unspecified atom stereocenters. The summed E-state index contributed by atoms with van der Waals surface area (Å²) in [6, 6.07) is 10.1. The number of halogens is 2. The van der Waals surface area contributed by atoms with Gasteiger partial charge in [-0.25, -0.2) is 4.79 Å². The molecule has 0 fully saturated rings. The van der Waals surface area contributed by atoms with Crippen LogP contribution in [-0.2, 0) is 4.74 Å². The number of esters is 1. The van der Waals surface area contributed by atoms with E-state index >= 15 is 0 Å². The largest absolute Gasteiger partial charge is 0.449 e. The number of non-ortho nitro benzene ring substituents is 1. The molecule has 0 aliphatic rings. The summed E-state index contributed by atoms with van der Waals surface area (Å²) in [5.41, 5.74) is 0.557. The molecule has 0 N–H and O–H groups in total. The van der Waals surface area contributed by atoms with Gasteiger partial charge in [0.2, 0.25) is 5.89 Å². The Bertz CT molecular complexity index is 1000. The lowest BCUT2D eigenvalue weighted by Gasteiger charge is -2.10. The van der Waals surface area contributed by atoms with Crippen molar-refractivity contribution in [3.63, 3.8) is 0 Å². The fraction of sp³-hybridized carbons (Fsp3) is 0.118. The van der Waals surface area contributed by atoms with E-state index in [1.54, 1.807) is 13.0 Å². The highest BCUT2D eigenvalue weighted by atomic mass is 35.5. The molecule has 0 aliphatic carbocycles. The lowest BCUT2D eigenvalue weighted by Crippen LogP contribution is -2.10. The molecule has 0 saturated heterocycles. The van der Waals surface area contributed by atoms with Crippen LogP contribution in [0, 0.1) is 10.1 Å². The van der Waals surface area contributed by atoms with Crippen molar-refractivity contribution in [1.82, 2.24) is 10.2 Å². The maximum absolute atomic E-state index is 12.3. The molecule has 0 amide bonds. The Hall–Kier alpha value is -2.97. The smallest absolute Gasteiger partial charge is 0.340 e. The Kier molecular flexibility index (Phi) is 5.38. The molecule has 27 heavy (non-hydrogen) atoms. The van der Waals surface area contributed by atoms with Crippen LogP contribution >= 0.6 is 23.2 Å². The second kappa shape index (κ2) is 7.73. The van der Waals surface area contributed by atoms with E-state index in [4.69, 9.17) is 32.4 Å². The lowest BCUT2D eigenvalue weighted by molar-refractivity contribution is -0.384. The summed E-state index contributed by atoms with van der Waals surface area (Å²) in [6.07, 6.45) is -0.841. The summed E-state index contributed by atoms with van der Waals surface area (Å²) in [5.74, 6) is -0.483. The number of nitro groups is 1. The summed E-state index contributed by atoms with van der Waals surface area (Å²) in [7, 11) is 0. The molecule has 2 aromatic carbocycles. The molecule has 3 rings (SSSR count). The van der Waals surface area contributed by atoms with E-state index < -0.39 is 17.0 Å². The first-order chi connectivity index (χ1) is 12.8. The van der Waals surface area contributed by atoms with E-state index in [0.717, 1.165) is 0 Å². The minimum atomic E-state index is -0.841. The zero-order valence-corrected chi connectivity index (χ0v) is 15.3.